The third kappa shape index (κ3) is 3.38. The normalized spacial score (nSPS) is 10.9. The van der Waals surface area contributed by atoms with Crippen LogP contribution in [-0.4, -0.2) is 19.4 Å². The average molecular weight is 321 g/mol. The van der Waals surface area contributed by atoms with Gasteiger partial charge in [0.2, 0.25) is 0 Å². The van der Waals surface area contributed by atoms with Crippen molar-refractivity contribution < 1.29 is 18.1 Å². The lowest BCUT2D eigenvalue weighted by Gasteiger charge is -2.06. The zero-order chi connectivity index (χ0) is 16.3. The summed E-state index contributed by atoms with van der Waals surface area (Å²) in [5.41, 5.74) is 5.89. The number of carbonyl (C=O) groups excluding carboxylic acids is 1. The van der Waals surface area contributed by atoms with E-state index in [1.807, 2.05) is 0 Å². The largest absolute Gasteiger partial charge is 0.351 e. The van der Waals surface area contributed by atoms with Crippen molar-refractivity contribution in [2.45, 2.75) is 4.90 Å². The molecule has 0 atom stereocenters. The second-order valence-electron chi connectivity index (χ2n) is 4.30. The molecule has 0 radical (unpaired) electrons. The van der Waals surface area contributed by atoms with E-state index in [0.717, 1.165) is 0 Å². The Kier molecular flexibility index (Phi) is 4.08. The van der Waals surface area contributed by atoms with E-state index in [1.54, 1.807) is 10.8 Å². The van der Waals surface area contributed by atoms with Crippen molar-refractivity contribution in [1.29, 1.82) is 0 Å². The highest BCUT2D eigenvalue weighted by molar-refractivity contribution is 7.90. The number of non-ortho nitro benzene ring substituents is 1. The molecule has 0 aliphatic rings. The number of benzene rings is 2. The smallest absolute Gasteiger partial charge is 0.326 e. The first-order chi connectivity index (χ1) is 10.3. The minimum atomic E-state index is -4.01. The number of sulfonamides is 1. The standard InChI is InChI=1S/C13H11N3O5S/c14-13(17)15-22(20,21)12-6-4-9(5-7-12)10-2-1-3-11(8-10)16(18)19/h1-8H,(H3,14,15,17). The number of nitro groups is 1. The SMILES string of the molecule is NC(=O)NS(=O)(=O)c1ccc(-c2cccc([N+](=O)[O-])c2)cc1. The molecule has 2 amide bonds. The summed E-state index contributed by atoms with van der Waals surface area (Å²) in [6.07, 6.45) is 0. The van der Waals surface area contributed by atoms with Crippen molar-refractivity contribution in [3.8, 4) is 11.1 Å². The van der Waals surface area contributed by atoms with Gasteiger partial charge in [0.25, 0.3) is 15.7 Å². The molecule has 2 rings (SSSR count). The minimum Gasteiger partial charge on any atom is -0.351 e. The van der Waals surface area contributed by atoms with Gasteiger partial charge in [-0.05, 0) is 23.3 Å². The monoisotopic (exact) mass is 321 g/mol. The molecule has 0 aromatic heterocycles. The summed E-state index contributed by atoms with van der Waals surface area (Å²) < 4.78 is 25.1. The highest BCUT2D eigenvalue weighted by Gasteiger charge is 2.16. The lowest BCUT2D eigenvalue weighted by atomic mass is 10.1. The highest BCUT2D eigenvalue weighted by Crippen LogP contribution is 2.24. The maximum atomic E-state index is 11.7. The Hall–Kier alpha value is -2.94. The number of nitrogens with two attached hydrogens (primary N) is 1. The molecule has 9 heteroatoms. The zero-order valence-corrected chi connectivity index (χ0v) is 11.9. The lowest BCUT2D eigenvalue weighted by molar-refractivity contribution is -0.384. The molecule has 0 bridgehead atoms. The summed E-state index contributed by atoms with van der Waals surface area (Å²) in [6.45, 7) is 0. The molecule has 0 saturated carbocycles. The van der Waals surface area contributed by atoms with E-state index in [2.05, 4.69) is 0 Å². The van der Waals surface area contributed by atoms with Crippen LogP contribution < -0.4 is 10.5 Å². The molecule has 8 nitrogen and oxygen atoms in total. The first-order valence-electron chi connectivity index (χ1n) is 5.97. The van der Waals surface area contributed by atoms with Crippen molar-refractivity contribution >= 4 is 21.7 Å². The van der Waals surface area contributed by atoms with Crippen LogP contribution in [-0.2, 0) is 10.0 Å². The Labute approximate surface area is 125 Å². The van der Waals surface area contributed by atoms with E-state index >= 15 is 0 Å². The van der Waals surface area contributed by atoms with E-state index in [9.17, 15) is 23.3 Å². The van der Waals surface area contributed by atoms with Crippen LogP contribution in [0.3, 0.4) is 0 Å². The quantitative estimate of drug-likeness (QED) is 0.652. The van der Waals surface area contributed by atoms with E-state index in [-0.39, 0.29) is 10.6 Å². The van der Waals surface area contributed by atoms with Gasteiger partial charge in [-0.2, -0.15) is 0 Å². The number of urea groups is 1. The Balaban J connectivity index is 2.35. The van der Waals surface area contributed by atoms with Gasteiger partial charge in [0.05, 0.1) is 9.82 Å². The molecule has 0 heterocycles. The van der Waals surface area contributed by atoms with Gasteiger partial charge >= 0.3 is 6.03 Å². The number of hydrogen-bond donors (Lipinski definition) is 2. The fourth-order valence-corrected chi connectivity index (χ4v) is 2.69. The molecular weight excluding hydrogens is 310 g/mol. The number of nitro benzene ring substituents is 1. The predicted molar refractivity (Wildman–Crippen MR) is 78.4 cm³/mol. The molecule has 0 aliphatic carbocycles. The third-order valence-electron chi connectivity index (χ3n) is 2.79. The Morgan fingerprint density at radius 3 is 2.27 bits per heavy atom. The van der Waals surface area contributed by atoms with Crippen LogP contribution in [0.1, 0.15) is 0 Å². The number of rotatable bonds is 4. The molecule has 0 saturated heterocycles. The highest BCUT2D eigenvalue weighted by atomic mass is 32.2. The summed E-state index contributed by atoms with van der Waals surface area (Å²) in [7, 11) is -4.01. The summed E-state index contributed by atoms with van der Waals surface area (Å²) in [5, 5.41) is 10.7. The molecule has 2 aromatic rings. The van der Waals surface area contributed by atoms with Crippen LogP contribution in [0.25, 0.3) is 11.1 Å². The van der Waals surface area contributed by atoms with Crippen molar-refractivity contribution in [3.05, 3.63) is 58.6 Å². The van der Waals surface area contributed by atoms with E-state index in [4.69, 9.17) is 5.73 Å². The second-order valence-corrected chi connectivity index (χ2v) is 5.98. The third-order valence-corrected chi connectivity index (χ3v) is 4.15. The van der Waals surface area contributed by atoms with Crippen molar-refractivity contribution in [2.24, 2.45) is 5.73 Å². The number of amides is 2. The molecule has 0 aliphatic heterocycles. The summed E-state index contributed by atoms with van der Waals surface area (Å²) in [6, 6.07) is 10.3. The molecule has 0 spiro atoms. The van der Waals surface area contributed by atoms with Crippen LogP contribution in [0.2, 0.25) is 0 Å². The van der Waals surface area contributed by atoms with Gasteiger partial charge in [0, 0.05) is 12.1 Å². The predicted octanol–water partition coefficient (Wildman–Crippen LogP) is 1.62. The maximum absolute atomic E-state index is 11.7. The fraction of sp³-hybridized carbons (Fsp3) is 0. The van der Waals surface area contributed by atoms with Gasteiger partial charge in [0.15, 0.2) is 0 Å². The second kappa shape index (κ2) is 5.82. The molecular formula is C13H11N3O5S. The topological polar surface area (TPSA) is 132 Å². The van der Waals surface area contributed by atoms with Gasteiger partial charge in [-0.1, -0.05) is 24.3 Å². The fourth-order valence-electron chi connectivity index (χ4n) is 1.82. The van der Waals surface area contributed by atoms with Crippen molar-refractivity contribution in [2.75, 3.05) is 0 Å². The molecule has 114 valence electrons. The van der Waals surface area contributed by atoms with Crippen molar-refractivity contribution in [1.82, 2.24) is 4.72 Å². The van der Waals surface area contributed by atoms with Gasteiger partial charge in [-0.25, -0.2) is 17.9 Å². The van der Waals surface area contributed by atoms with Gasteiger partial charge in [-0.15, -0.1) is 0 Å². The maximum Gasteiger partial charge on any atom is 0.326 e. The van der Waals surface area contributed by atoms with Crippen LogP contribution in [0, 0.1) is 10.1 Å². The number of nitrogens with one attached hydrogen (secondary N) is 1. The van der Waals surface area contributed by atoms with E-state index in [1.165, 1.54) is 42.5 Å². The van der Waals surface area contributed by atoms with Crippen LogP contribution >= 0.6 is 0 Å². The molecule has 0 unspecified atom stereocenters. The minimum absolute atomic E-state index is 0.0652. The van der Waals surface area contributed by atoms with Crippen LogP contribution in [0.15, 0.2) is 53.4 Å². The molecule has 3 N–H and O–H groups in total. The summed E-state index contributed by atoms with van der Waals surface area (Å²) in [5.74, 6) is 0. The van der Waals surface area contributed by atoms with Crippen LogP contribution in [0.5, 0.6) is 0 Å². The lowest BCUT2D eigenvalue weighted by Crippen LogP contribution is -2.34. The number of nitrogens with zero attached hydrogens (tertiary/aromatic N) is 1. The first-order valence-corrected chi connectivity index (χ1v) is 7.45. The van der Waals surface area contributed by atoms with Gasteiger partial charge in [0.1, 0.15) is 0 Å². The molecule has 22 heavy (non-hydrogen) atoms. The number of primary amides is 1. The van der Waals surface area contributed by atoms with Crippen LogP contribution in [0.4, 0.5) is 10.5 Å². The van der Waals surface area contributed by atoms with Crippen molar-refractivity contribution in [3.63, 3.8) is 0 Å². The summed E-state index contributed by atoms with van der Waals surface area (Å²) in [4.78, 5) is 20.7. The Bertz CT molecular complexity index is 831. The summed E-state index contributed by atoms with van der Waals surface area (Å²) >= 11 is 0. The van der Waals surface area contributed by atoms with E-state index in [0.29, 0.717) is 11.1 Å². The zero-order valence-electron chi connectivity index (χ0n) is 11.1. The Morgan fingerprint density at radius 2 is 1.73 bits per heavy atom. The van der Waals surface area contributed by atoms with Gasteiger partial charge in [-0.3, -0.25) is 10.1 Å². The van der Waals surface area contributed by atoms with Gasteiger partial charge < -0.3 is 5.73 Å². The first kappa shape index (κ1) is 15.4. The molecule has 0 fully saturated rings. The number of carbonyl (C=O) groups is 1. The Morgan fingerprint density at radius 1 is 1.09 bits per heavy atom. The van der Waals surface area contributed by atoms with E-state index < -0.39 is 21.0 Å². The molecule has 2 aromatic carbocycles. The number of hydrogen-bond acceptors (Lipinski definition) is 5. The average Bonchev–Trinajstić information content (AvgIpc) is 2.46.